The zero-order chi connectivity index (χ0) is 18.1. The predicted molar refractivity (Wildman–Crippen MR) is 93.7 cm³/mol. The van der Waals surface area contributed by atoms with Crippen molar-refractivity contribution in [3.05, 3.63) is 69.5 Å². The van der Waals surface area contributed by atoms with E-state index in [-0.39, 0.29) is 39.2 Å². The van der Waals surface area contributed by atoms with Gasteiger partial charge in [-0.25, -0.2) is 14.2 Å². The topological polar surface area (TPSA) is 88.0 Å². The fraction of sp³-hybridized carbons (Fsp3) is 0.0588. The first-order valence-electron chi connectivity index (χ1n) is 7.21. The monoisotopic (exact) mass is 357 g/mol. The van der Waals surface area contributed by atoms with Gasteiger partial charge in [0, 0.05) is 12.1 Å². The first-order chi connectivity index (χ1) is 11.9. The summed E-state index contributed by atoms with van der Waals surface area (Å²) in [5, 5.41) is 9.39. The van der Waals surface area contributed by atoms with E-state index in [9.17, 15) is 19.1 Å². The number of allylic oxidation sites excluding steroid dienone is 1. The first-order valence-corrected chi connectivity index (χ1v) is 7.62. The summed E-state index contributed by atoms with van der Waals surface area (Å²) in [7, 11) is 0. The number of nitrogens with zero attached hydrogens (tertiary/aromatic N) is 2. The van der Waals surface area contributed by atoms with Gasteiger partial charge in [-0.05, 0) is 30.4 Å². The Morgan fingerprint density at radius 1 is 1.44 bits per heavy atom. The van der Waals surface area contributed by atoms with Crippen LogP contribution in [0.5, 0.6) is 0 Å². The third kappa shape index (κ3) is 2.87. The van der Waals surface area contributed by atoms with Gasteiger partial charge in [0.15, 0.2) is 4.77 Å². The average molecular weight is 357 g/mol. The molecule has 6 nitrogen and oxygen atoms in total. The molecule has 0 spiro atoms. The van der Waals surface area contributed by atoms with Gasteiger partial charge < -0.3 is 5.11 Å². The van der Waals surface area contributed by atoms with Crippen molar-refractivity contribution in [3.63, 3.8) is 0 Å². The molecule has 3 rings (SSSR count). The van der Waals surface area contributed by atoms with Crippen LogP contribution in [0.4, 0.5) is 4.39 Å². The number of pyridine rings is 1. The van der Waals surface area contributed by atoms with Crippen molar-refractivity contribution < 1.29 is 14.3 Å². The number of carboxylic acids is 1. The average Bonchev–Trinajstić information content (AvgIpc) is 2.57. The van der Waals surface area contributed by atoms with Gasteiger partial charge in [-0.2, -0.15) is 0 Å². The van der Waals surface area contributed by atoms with Gasteiger partial charge in [0.05, 0.1) is 16.6 Å². The Kier molecular flexibility index (Phi) is 4.28. The highest BCUT2D eigenvalue weighted by Crippen LogP contribution is 2.25. The van der Waals surface area contributed by atoms with Crippen LogP contribution < -0.4 is 5.56 Å². The molecule has 0 fully saturated rings. The molecule has 2 heterocycles. The molecule has 2 N–H and O–H groups in total. The fourth-order valence-electron chi connectivity index (χ4n) is 2.55. The Balaban J connectivity index is 2.51. The number of aromatic amines is 1. The summed E-state index contributed by atoms with van der Waals surface area (Å²) >= 11 is 5.13. The quantitative estimate of drug-likeness (QED) is 0.553. The van der Waals surface area contributed by atoms with E-state index < -0.39 is 17.3 Å². The molecule has 0 amide bonds. The van der Waals surface area contributed by atoms with E-state index in [0.717, 1.165) is 0 Å². The molecule has 126 valence electrons. The van der Waals surface area contributed by atoms with Crippen LogP contribution in [-0.2, 0) is 6.54 Å². The van der Waals surface area contributed by atoms with Crippen LogP contribution in [0.1, 0.15) is 10.4 Å². The van der Waals surface area contributed by atoms with Crippen molar-refractivity contribution in [2.45, 2.75) is 6.54 Å². The van der Waals surface area contributed by atoms with Gasteiger partial charge in [0.2, 0.25) is 0 Å². The molecule has 0 radical (unpaired) electrons. The maximum atomic E-state index is 14.1. The maximum absolute atomic E-state index is 14.1. The summed E-state index contributed by atoms with van der Waals surface area (Å²) in [4.78, 5) is 30.7. The Labute approximate surface area is 145 Å². The molecule has 0 bridgehead atoms. The van der Waals surface area contributed by atoms with Gasteiger partial charge in [0.1, 0.15) is 11.5 Å². The number of halogens is 1. The summed E-state index contributed by atoms with van der Waals surface area (Å²) in [6.45, 7) is 3.82. The lowest BCUT2D eigenvalue weighted by atomic mass is 10.1. The number of aromatic nitrogens is 3. The molecule has 3 aromatic rings. The van der Waals surface area contributed by atoms with E-state index in [1.54, 1.807) is 6.07 Å². The van der Waals surface area contributed by atoms with Crippen LogP contribution in [0.25, 0.3) is 22.3 Å². The molecular formula is C17H12FN3O3S. The van der Waals surface area contributed by atoms with Crippen LogP contribution in [0.15, 0.2) is 47.8 Å². The Hall–Kier alpha value is -3.13. The SMILES string of the molecule is C=CCn1c(=S)[nH]c(=O)c2c(C(=O)O)cc(-c3ccccc3F)nc21. The molecular weight excluding hydrogens is 345 g/mol. The number of H-pyrrole nitrogens is 1. The van der Waals surface area contributed by atoms with Gasteiger partial charge in [0.25, 0.3) is 5.56 Å². The standard InChI is InChI=1S/C17H12FN3O3S/c1-2-7-21-14-13(15(22)20-17(21)25)10(16(23)24)8-12(19-14)9-5-3-4-6-11(9)18/h2-6,8H,1,7H2,(H,23,24)(H,20,22,25). The molecule has 25 heavy (non-hydrogen) atoms. The lowest BCUT2D eigenvalue weighted by Gasteiger charge is -2.12. The summed E-state index contributed by atoms with van der Waals surface area (Å²) < 4.78 is 15.6. The van der Waals surface area contributed by atoms with Crippen molar-refractivity contribution in [2.75, 3.05) is 0 Å². The van der Waals surface area contributed by atoms with E-state index in [1.807, 2.05) is 0 Å². The van der Waals surface area contributed by atoms with Crippen LogP contribution in [-0.4, -0.2) is 25.6 Å². The maximum Gasteiger partial charge on any atom is 0.336 e. The van der Waals surface area contributed by atoms with Gasteiger partial charge in [-0.15, -0.1) is 6.58 Å². The number of fused-ring (bicyclic) bond motifs is 1. The molecule has 1 aromatic carbocycles. The predicted octanol–water partition coefficient (Wildman–Crippen LogP) is 3.14. The first kappa shape index (κ1) is 16.7. The minimum atomic E-state index is -1.32. The van der Waals surface area contributed by atoms with Crippen molar-refractivity contribution in [1.29, 1.82) is 0 Å². The van der Waals surface area contributed by atoms with Crippen LogP contribution >= 0.6 is 12.2 Å². The zero-order valence-corrected chi connectivity index (χ0v) is 13.6. The second-order valence-electron chi connectivity index (χ2n) is 5.20. The van der Waals surface area contributed by atoms with Crippen LogP contribution in [0, 0.1) is 10.6 Å². The van der Waals surface area contributed by atoms with Crippen molar-refractivity contribution in [3.8, 4) is 11.3 Å². The summed E-state index contributed by atoms with van der Waals surface area (Å²) in [5.74, 6) is -1.87. The van der Waals surface area contributed by atoms with E-state index in [4.69, 9.17) is 12.2 Å². The Morgan fingerprint density at radius 2 is 2.16 bits per heavy atom. The molecule has 0 aliphatic carbocycles. The lowest BCUT2D eigenvalue weighted by Crippen LogP contribution is -2.19. The fourth-order valence-corrected chi connectivity index (χ4v) is 2.80. The minimum Gasteiger partial charge on any atom is -0.478 e. The smallest absolute Gasteiger partial charge is 0.336 e. The lowest BCUT2D eigenvalue weighted by molar-refractivity contribution is 0.0699. The number of hydrogen-bond acceptors (Lipinski definition) is 4. The number of hydrogen-bond donors (Lipinski definition) is 2. The van der Waals surface area contributed by atoms with Crippen molar-refractivity contribution in [2.24, 2.45) is 0 Å². The molecule has 0 unspecified atom stereocenters. The highest BCUT2D eigenvalue weighted by Gasteiger charge is 2.19. The third-order valence-electron chi connectivity index (χ3n) is 3.64. The molecule has 0 saturated carbocycles. The van der Waals surface area contributed by atoms with E-state index in [0.29, 0.717) is 0 Å². The summed E-state index contributed by atoms with van der Waals surface area (Å²) in [6, 6.07) is 7.03. The molecule has 8 heteroatoms. The summed E-state index contributed by atoms with van der Waals surface area (Å²) in [5.41, 5.74) is -0.654. The molecule has 0 saturated heterocycles. The van der Waals surface area contributed by atoms with Crippen molar-refractivity contribution in [1.82, 2.24) is 14.5 Å². The number of rotatable bonds is 4. The highest BCUT2D eigenvalue weighted by molar-refractivity contribution is 7.71. The minimum absolute atomic E-state index is 0.0619. The number of benzene rings is 1. The van der Waals surface area contributed by atoms with Gasteiger partial charge >= 0.3 is 5.97 Å². The van der Waals surface area contributed by atoms with E-state index in [2.05, 4.69) is 16.5 Å². The van der Waals surface area contributed by atoms with Gasteiger partial charge in [-0.1, -0.05) is 18.2 Å². The zero-order valence-electron chi connectivity index (χ0n) is 12.8. The molecule has 0 aliphatic heterocycles. The third-order valence-corrected chi connectivity index (χ3v) is 3.96. The number of carboxylic acid groups (broad SMARTS) is 1. The molecule has 0 atom stereocenters. The van der Waals surface area contributed by atoms with E-state index >= 15 is 0 Å². The van der Waals surface area contributed by atoms with Crippen LogP contribution in [0.2, 0.25) is 0 Å². The number of carbonyl (C=O) groups is 1. The second kappa shape index (κ2) is 6.40. The largest absolute Gasteiger partial charge is 0.478 e. The van der Waals surface area contributed by atoms with Crippen molar-refractivity contribution >= 4 is 29.2 Å². The number of aromatic carboxylic acids is 1. The Bertz CT molecular complexity index is 1130. The normalized spacial score (nSPS) is 10.8. The second-order valence-corrected chi connectivity index (χ2v) is 5.58. The molecule has 2 aromatic heterocycles. The Morgan fingerprint density at radius 3 is 2.80 bits per heavy atom. The summed E-state index contributed by atoms with van der Waals surface area (Å²) in [6.07, 6.45) is 1.53. The molecule has 0 aliphatic rings. The van der Waals surface area contributed by atoms with Gasteiger partial charge in [-0.3, -0.25) is 14.3 Å². The number of nitrogens with one attached hydrogen (secondary N) is 1. The van der Waals surface area contributed by atoms with E-state index in [1.165, 1.54) is 34.9 Å². The highest BCUT2D eigenvalue weighted by atomic mass is 32.1. The van der Waals surface area contributed by atoms with Crippen LogP contribution in [0.3, 0.4) is 0 Å².